The first-order chi connectivity index (χ1) is 51.0. The van der Waals surface area contributed by atoms with Crippen LogP contribution in [0.1, 0.15) is 0 Å². The molecule has 0 unspecified atom stereocenters. The van der Waals surface area contributed by atoms with Crippen LogP contribution in [0.2, 0.25) is 0 Å². The van der Waals surface area contributed by atoms with Crippen LogP contribution < -0.4 is 14.7 Å². The van der Waals surface area contributed by atoms with Crippen LogP contribution in [0.3, 0.4) is 0 Å². The van der Waals surface area contributed by atoms with Gasteiger partial charge in [0.2, 0.25) is 0 Å². The average molecular weight is 2280 g/mol. The summed E-state index contributed by atoms with van der Waals surface area (Å²) in [4.78, 5) is 33.0. The predicted molar refractivity (Wildman–Crippen MR) is 208 cm³/mol. The normalized spacial score (nSPS) is 17.1. The third-order valence-corrected chi connectivity index (χ3v) is 19.8. The fourth-order valence-electron chi connectivity index (χ4n) is 6.21. The van der Waals surface area contributed by atoms with E-state index in [9.17, 15) is 371 Å². The van der Waals surface area contributed by atoms with Crippen LogP contribution in [-0.2, 0) is 13.7 Å². The molecule has 755 valence electrons. The standard InChI is InChI=1S/3C12HF26O2P.Yb/c3*13-1(14,5(21,22)9(29,30)31)3(17,18)7(25,26)11(35,36)41(39,40)12(37,38)8(27,28)4(19,20)2(15,16)6(23,24)10(32,33)34;/h3*(H,39,40);/q;;;+3/p-3. The smallest absolute Gasteiger partial charge is 0.791 e. The van der Waals surface area contributed by atoms with Gasteiger partial charge in [0.05, 0.1) is 0 Å². The van der Waals surface area contributed by atoms with Crippen molar-refractivity contribution < 1.29 is 418 Å². The second-order valence-corrected chi connectivity index (χ2v) is 28.4. The predicted octanol–water partition coefficient (Wildman–Crippen LogP) is 24.1. The van der Waals surface area contributed by atoms with Crippen LogP contribution in [0.15, 0.2) is 0 Å². The molecule has 0 aliphatic carbocycles. The van der Waals surface area contributed by atoms with E-state index in [1.165, 1.54) is 0 Å². The molecule has 0 aromatic rings. The zero-order chi connectivity index (χ0) is 104. The summed E-state index contributed by atoms with van der Waals surface area (Å²) in [5.41, 5.74) is -56.8. The van der Waals surface area contributed by atoms with Gasteiger partial charge in [0.25, 0.3) is 0 Å². The van der Waals surface area contributed by atoms with E-state index in [2.05, 4.69) is 0 Å². The van der Waals surface area contributed by atoms with E-state index in [0.29, 0.717) is 0 Å². The van der Waals surface area contributed by atoms with Crippen molar-refractivity contribution in [3.8, 4) is 0 Å². The van der Waals surface area contributed by atoms with Gasteiger partial charge in [-0.05, 0) is 0 Å². The first-order valence-corrected chi connectivity index (χ1v) is 29.6. The van der Waals surface area contributed by atoms with E-state index in [-0.39, 0.29) is 46.9 Å². The minimum Gasteiger partial charge on any atom is -0.791 e. The van der Waals surface area contributed by atoms with Gasteiger partial charge in [-0.3, -0.25) is 0 Å². The van der Waals surface area contributed by atoms with E-state index >= 15 is 0 Å². The van der Waals surface area contributed by atoms with Crippen LogP contribution in [0.4, 0.5) is 342 Å². The van der Waals surface area contributed by atoms with Gasteiger partial charge in [-0.15, -0.1) is 0 Å². The molecule has 0 fully saturated rings. The van der Waals surface area contributed by atoms with E-state index in [0.717, 1.165) is 0 Å². The fraction of sp³-hybridized carbons (Fsp3) is 1.00. The van der Waals surface area contributed by atoms with Crippen LogP contribution in [0.5, 0.6) is 0 Å². The number of rotatable bonds is 30. The zero-order valence-corrected chi connectivity index (χ0v) is 55.9. The number of hydrogen-bond acceptors (Lipinski definition) is 6. The average Bonchev–Trinajstić information content (AvgIpc) is 0.684. The molecule has 0 saturated heterocycles. The van der Waals surface area contributed by atoms with Crippen molar-refractivity contribution in [3.63, 3.8) is 0 Å². The Balaban J connectivity index is -0.000000867. The monoisotopic (exact) mass is 2280 g/mol. The molecule has 88 heteroatoms. The molecule has 124 heavy (non-hydrogen) atoms. The molecule has 1 radical (unpaired) electrons. The van der Waals surface area contributed by atoms with Crippen molar-refractivity contribution in [2.45, 2.75) is 213 Å². The summed E-state index contributed by atoms with van der Waals surface area (Å²) in [6.45, 7) is 0. The van der Waals surface area contributed by atoms with Gasteiger partial charge >= 0.3 is 260 Å². The molecule has 0 amide bonds. The minimum atomic E-state index is -11.0. The minimum absolute atomic E-state index is 0. The van der Waals surface area contributed by atoms with Gasteiger partial charge in [-0.1, -0.05) is 0 Å². The van der Waals surface area contributed by atoms with Gasteiger partial charge in [0.1, 0.15) is 0 Å². The van der Waals surface area contributed by atoms with E-state index in [4.69, 9.17) is 0 Å². The summed E-state index contributed by atoms with van der Waals surface area (Å²) in [5, 5.41) is 0. The molecule has 0 rings (SSSR count). The summed E-state index contributed by atoms with van der Waals surface area (Å²) in [6, 6.07) is 0. The Morgan fingerprint density at radius 3 is 0.202 bits per heavy atom. The molecule has 0 aliphatic heterocycles. The van der Waals surface area contributed by atoms with Gasteiger partial charge in [-0.25, -0.2) is 0 Å². The molecule has 0 spiro atoms. The van der Waals surface area contributed by atoms with Gasteiger partial charge in [0, 0.05) is 0 Å². The Morgan fingerprint density at radius 1 is 0.105 bits per heavy atom. The SMILES string of the molecule is O=P([O-])(C(F)(F)C(F)(F)C(F)(F)C(F)(F)C(F)(F)C(F)(F)F)C(F)(F)C(F)(F)C(F)(F)C(F)(F)C(F)(F)C(F)(F)F.O=P([O-])(C(F)(F)C(F)(F)C(F)(F)C(F)(F)C(F)(F)C(F)(F)F)C(F)(F)C(F)(F)C(F)(F)C(F)(F)C(F)(F)C(F)(F)F.O=P([O-])(C(F)(F)C(F)(F)C(F)(F)C(F)(F)C(F)(F)C(F)(F)F)C(F)(F)C(F)(F)C(F)(F)C(F)(F)C(F)(F)C(F)(F)F.[Yb+3]. The molecule has 0 bridgehead atoms. The third kappa shape index (κ3) is 16.0. The summed E-state index contributed by atoms with van der Waals surface area (Å²) in [7, 11) is -32.9. The Labute approximate surface area is 652 Å². The summed E-state index contributed by atoms with van der Waals surface area (Å²) in [5.74, 6) is -220. The quantitative estimate of drug-likeness (QED) is 0.0522. The van der Waals surface area contributed by atoms with Crippen molar-refractivity contribution in [1.29, 1.82) is 0 Å². The topological polar surface area (TPSA) is 120 Å². The molecular formula is C36F78O6P3Yb. The van der Waals surface area contributed by atoms with Gasteiger partial charge < -0.3 is 28.4 Å². The van der Waals surface area contributed by atoms with Gasteiger partial charge in [-0.2, -0.15) is 342 Å². The van der Waals surface area contributed by atoms with Crippen LogP contribution >= 0.6 is 22.1 Å². The second-order valence-electron chi connectivity index (χ2n) is 21.7. The van der Waals surface area contributed by atoms with Crippen LogP contribution in [-0.4, -0.2) is 213 Å². The van der Waals surface area contributed by atoms with Crippen LogP contribution in [0.25, 0.3) is 0 Å². The number of hydrogen-bond donors (Lipinski definition) is 0. The Hall–Kier alpha value is -3.37. The van der Waals surface area contributed by atoms with Crippen molar-refractivity contribution in [2.75, 3.05) is 0 Å². The molecule has 0 aromatic carbocycles. The van der Waals surface area contributed by atoms with Crippen molar-refractivity contribution in [3.05, 3.63) is 0 Å². The number of alkyl halides is 78. The molecule has 6 nitrogen and oxygen atoms in total. The third-order valence-electron chi connectivity index (χ3n) is 13.7. The first kappa shape index (κ1) is 127. The van der Waals surface area contributed by atoms with Crippen molar-refractivity contribution >= 4 is 22.1 Å². The molecule has 0 atom stereocenters. The van der Waals surface area contributed by atoms with E-state index in [1.807, 2.05) is 0 Å². The molecule has 0 heterocycles. The van der Waals surface area contributed by atoms with E-state index < -0.39 is 235 Å². The molecule has 0 aliphatic rings. The maximum Gasteiger partial charge on any atom is 3.00 e. The first-order valence-electron chi connectivity index (χ1n) is 24.7. The summed E-state index contributed by atoms with van der Waals surface area (Å²) in [6.07, 6.45) is -49.2. The van der Waals surface area contributed by atoms with E-state index in [1.54, 1.807) is 0 Å². The fourth-order valence-corrected chi connectivity index (χ4v) is 10.3. The second kappa shape index (κ2) is 31.7. The Morgan fingerprint density at radius 2 is 0.153 bits per heavy atom. The zero-order valence-electron chi connectivity index (χ0n) is 51.5. The molecule has 0 aromatic heterocycles. The molecule has 0 saturated carbocycles. The maximum absolute atomic E-state index is 13.6. The summed E-state index contributed by atoms with van der Waals surface area (Å²) < 4.78 is 1040. The molecular weight excluding hydrogens is 2280 g/mol. The largest absolute Gasteiger partial charge is 3.00 e. The number of halogens is 78. The Kier molecular flexibility index (Phi) is 32.4. The summed E-state index contributed by atoms with van der Waals surface area (Å²) >= 11 is 0. The Bertz CT molecular complexity index is 3250. The van der Waals surface area contributed by atoms with Crippen molar-refractivity contribution in [1.82, 2.24) is 0 Å². The van der Waals surface area contributed by atoms with Crippen molar-refractivity contribution in [2.24, 2.45) is 0 Å². The van der Waals surface area contributed by atoms with Gasteiger partial charge in [0.15, 0.2) is 22.1 Å². The molecule has 0 N–H and O–H groups in total. The van der Waals surface area contributed by atoms with Crippen LogP contribution in [0, 0.1) is 46.9 Å². The maximum atomic E-state index is 13.6.